The predicted octanol–water partition coefficient (Wildman–Crippen LogP) is 5.75. The number of carboxylic acids is 1. The average Bonchev–Trinajstić information content (AvgIpc) is 3.48. The van der Waals surface area contributed by atoms with E-state index in [9.17, 15) is 14.7 Å². The van der Waals surface area contributed by atoms with Gasteiger partial charge in [0.2, 0.25) is 5.89 Å². The van der Waals surface area contributed by atoms with Crippen LogP contribution in [0.5, 0.6) is 5.75 Å². The topological polar surface area (TPSA) is 102 Å². The smallest absolute Gasteiger partial charge is 0.410 e. The molecule has 2 heterocycles. The number of hydrogen-bond acceptors (Lipinski definition) is 6. The van der Waals surface area contributed by atoms with Crippen molar-refractivity contribution in [3.63, 3.8) is 0 Å². The number of nitrogens with zero attached hydrogens (tertiary/aromatic N) is 2. The maximum Gasteiger partial charge on any atom is 0.410 e. The first-order chi connectivity index (χ1) is 17.9. The summed E-state index contributed by atoms with van der Waals surface area (Å²) in [6, 6.07) is 17.3. The monoisotopic (exact) mass is 504 g/mol. The summed E-state index contributed by atoms with van der Waals surface area (Å²) in [5, 5.41) is 9.36. The lowest BCUT2D eigenvalue weighted by atomic mass is 10.0. The van der Waals surface area contributed by atoms with Gasteiger partial charge in [0.15, 0.2) is 0 Å². The van der Waals surface area contributed by atoms with E-state index in [0.717, 1.165) is 41.0 Å². The van der Waals surface area contributed by atoms with Crippen LogP contribution >= 0.6 is 0 Å². The summed E-state index contributed by atoms with van der Waals surface area (Å²) in [4.78, 5) is 30.0. The van der Waals surface area contributed by atoms with Crippen molar-refractivity contribution in [2.75, 3.05) is 26.3 Å². The summed E-state index contributed by atoms with van der Waals surface area (Å²) in [7, 11) is 0. The van der Waals surface area contributed by atoms with Gasteiger partial charge in [-0.05, 0) is 54.3 Å². The van der Waals surface area contributed by atoms with Crippen LogP contribution in [0.3, 0.4) is 0 Å². The van der Waals surface area contributed by atoms with Gasteiger partial charge in [-0.25, -0.2) is 9.78 Å². The maximum absolute atomic E-state index is 12.4. The molecule has 0 saturated heterocycles. The van der Waals surface area contributed by atoms with E-state index in [1.807, 2.05) is 68.4 Å². The molecule has 0 atom stereocenters. The van der Waals surface area contributed by atoms with Crippen molar-refractivity contribution >= 4 is 17.6 Å². The van der Waals surface area contributed by atoms with Gasteiger partial charge < -0.3 is 19.0 Å². The van der Waals surface area contributed by atoms with Crippen LogP contribution < -0.4 is 4.74 Å². The van der Waals surface area contributed by atoms with Crippen LogP contribution in [0.1, 0.15) is 43.2 Å². The molecule has 1 aromatic heterocycles. The molecule has 1 aliphatic heterocycles. The molecule has 4 rings (SSSR count). The lowest BCUT2D eigenvalue weighted by molar-refractivity contribution is -0.136. The molecule has 3 aromatic rings. The lowest BCUT2D eigenvalue weighted by Gasteiger charge is -2.16. The highest BCUT2D eigenvalue weighted by Gasteiger charge is 2.28. The molecule has 1 aliphatic rings. The van der Waals surface area contributed by atoms with Gasteiger partial charge >= 0.3 is 12.1 Å². The second-order valence-corrected chi connectivity index (χ2v) is 8.99. The molecule has 2 aromatic carbocycles. The minimum absolute atomic E-state index is 0.117. The van der Waals surface area contributed by atoms with Gasteiger partial charge in [0, 0.05) is 25.1 Å². The van der Waals surface area contributed by atoms with E-state index in [0.29, 0.717) is 43.4 Å². The third-order valence-corrected chi connectivity index (χ3v) is 6.23. The van der Waals surface area contributed by atoms with Gasteiger partial charge in [0.1, 0.15) is 11.5 Å². The second-order valence-electron chi connectivity index (χ2n) is 8.99. The Labute approximate surface area is 216 Å². The number of carbonyl (C=O) groups excluding carboxylic acids is 1. The number of aryl methyl sites for hydroxylation is 1. The highest BCUT2D eigenvalue weighted by Crippen LogP contribution is 2.30. The van der Waals surface area contributed by atoms with E-state index in [2.05, 4.69) is 4.98 Å². The van der Waals surface area contributed by atoms with Gasteiger partial charge in [0.25, 0.3) is 0 Å². The van der Waals surface area contributed by atoms with E-state index in [1.54, 1.807) is 4.90 Å². The Bertz CT molecular complexity index is 1250. The van der Waals surface area contributed by atoms with Gasteiger partial charge in [-0.3, -0.25) is 9.69 Å². The SMILES string of the molecule is CCCCOC(=O)N1CC(CC(=O)O)=C(c2ccc(OCCc3nc(-c4ccccc4)oc3C)cc2)C1. The number of aromatic nitrogens is 1. The van der Waals surface area contributed by atoms with Crippen molar-refractivity contribution in [1.29, 1.82) is 0 Å². The number of unbranched alkanes of at least 4 members (excludes halogenated alkanes) is 1. The first kappa shape index (κ1) is 26.0. The summed E-state index contributed by atoms with van der Waals surface area (Å²) < 4.78 is 17.1. The molecular weight excluding hydrogens is 472 g/mol. The van der Waals surface area contributed by atoms with Gasteiger partial charge in [-0.2, -0.15) is 0 Å². The standard InChI is InChI=1S/C29H32N2O6/c1-3-4-15-36-29(34)31-18-23(17-27(32)33)25(19-31)21-10-12-24(13-11-21)35-16-14-26-20(2)37-28(30-26)22-8-6-5-7-9-22/h5-13H,3-4,14-19H2,1-2H3,(H,32,33). The quantitative estimate of drug-likeness (QED) is 0.332. The Balaban J connectivity index is 1.36. The van der Waals surface area contributed by atoms with Crippen molar-refractivity contribution in [1.82, 2.24) is 9.88 Å². The van der Waals surface area contributed by atoms with Crippen LogP contribution in [0.4, 0.5) is 4.79 Å². The largest absolute Gasteiger partial charge is 0.493 e. The average molecular weight is 505 g/mol. The number of carboxylic acid groups (broad SMARTS) is 1. The molecule has 0 fully saturated rings. The Hall–Kier alpha value is -4.07. The number of ether oxygens (including phenoxy) is 2. The molecule has 1 N–H and O–H groups in total. The van der Waals surface area contributed by atoms with Crippen molar-refractivity contribution < 1.29 is 28.6 Å². The van der Waals surface area contributed by atoms with E-state index in [4.69, 9.17) is 13.9 Å². The summed E-state index contributed by atoms with van der Waals surface area (Å²) in [6.45, 7) is 5.30. The Kier molecular flexibility index (Phi) is 8.61. The summed E-state index contributed by atoms with van der Waals surface area (Å²) in [5.74, 6) is 1.15. The Morgan fingerprint density at radius 2 is 1.78 bits per heavy atom. The summed E-state index contributed by atoms with van der Waals surface area (Å²) in [5.41, 5.74) is 4.21. The van der Waals surface area contributed by atoms with Crippen molar-refractivity contribution in [2.45, 2.75) is 39.5 Å². The maximum atomic E-state index is 12.4. The van der Waals surface area contributed by atoms with Crippen LogP contribution in [0, 0.1) is 6.92 Å². The first-order valence-corrected chi connectivity index (χ1v) is 12.5. The van der Waals surface area contributed by atoms with Crippen molar-refractivity contribution in [2.24, 2.45) is 0 Å². The lowest BCUT2D eigenvalue weighted by Crippen LogP contribution is -2.30. The Morgan fingerprint density at radius 3 is 2.49 bits per heavy atom. The fraction of sp³-hybridized carbons (Fsp3) is 0.345. The first-order valence-electron chi connectivity index (χ1n) is 12.5. The van der Waals surface area contributed by atoms with Crippen LogP contribution in [-0.2, 0) is 16.0 Å². The fourth-order valence-corrected chi connectivity index (χ4v) is 4.23. The highest BCUT2D eigenvalue weighted by molar-refractivity contribution is 5.83. The fourth-order valence-electron chi connectivity index (χ4n) is 4.23. The van der Waals surface area contributed by atoms with Crippen LogP contribution in [0.25, 0.3) is 17.0 Å². The number of rotatable bonds is 11. The van der Waals surface area contributed by atoms with E-state index >= 15 is 0 Å². The summed E-state index contributed by atoms with van der Waals surface area (Å²) in [6.07, 6.45) is 1.81. The third kappa shape index (κ3) is 6.78. The van der Waals surface area contributed by atoms with E-state index in [-0.39, 0.29) is 13.0 Å². The molecule has 0 spiro atoms. The molecule has 8 nitrogen and oxygen atoms in total. The van der Waals surface area contributed by atoms with Crippen molar-refractivity contribution in [3.8, 4) is 17.2 Å². The number of hydrogen-bond donors (Lipinski definition) is 1. The minimum Gasteiger partial charge on any atom is -0.493 e. The molecular formula is C29H32N2O6. The van der Waals surface area contributed by atoms with Crippen LogP contribution in [0.15, 0.2) is 64.6 Å². The van der Waals surface area contributed by atoms with Gasteiger partial charge in [-0.1, -0.05) is 43.7 Å². The molecule has 194 valence electrons. The zero-order valence-electron chi connectivity index (χ0n) is 21.2. The normalized spacial score (nSPS) is 13.2. The highest BCUT2D eigenvalue weighted by atomic mass is 16.6. The van der Waals surface area contributed by atoms with Gasteiger partial charge in [0.05, 0.1) is 25.3 Å². The van der Waals surface area contributed by atoms with Crippen molar-refractivity contribution in [3.05, 3.63) is 77.2 Å². The predicted molar refractivity (Wildman–Crippen MR) is 139 cm³/mol. The number of benzene rings is 2. The molecule has 0 aliphatic carbocycles. The van der Waals surface area contributed by atoms with E-state index in [1.165, 1.54) is 0 Å². The zero-order chi connectivity index (χ0) is 26.2. The molecule has 0 unspecified atom stereocenters. The number of aliphatic carboxylic acids is 1. The van der Waals surface area contributed by atoms with E-state index < -0.39 is 12.1 Å². The summed E-state index contributed by atoms with van der Waals surface area (Å²) >= 11 is 0. The zero-order valence-corrected chi connectivity index (χ0v) is 21.2. The van der Waals surface area contributed by atoms with Crippen LogP contribution in [0.2, 0.25) is 0 Å². The molecule has 0 radical (unpaired) electrons. The number of oxazole rings is 1. The van der Waals surface area contributed by atoms with Crippen LogP contribution in [-0.4, -0.2) is 53.4 Å². The number of amides is 1. The molecule has 1 amide bonds. The van der Waals surface area contributed by atoms with Gasteiger partial charge in [-0.15, -0.1) is 0 Å². The third-order valence-electron chi connectivity index (χ3n) is 6.23. The molecule has 0 saturated carbocycles. The molecule has 37 heavy (non-hydrogen) atoms. The molecule has 8 heteroatoms. The Morgan fingerprint density at radius 1 is 1.03 bits per heavy atom. The molecule has 0 bridgehead atoms. The second kappa shape index (κ2) is 12.3. The number of carbonyl (C=O) groups is 2. The minimum atomic E-state index is -0.924.